The van der Waals surface area contributed by atoms with E-state index in [1.165, 1.54) is 19.3 Å². The number of nitrogens with zero attached hydrogens (tertiary/aromatic N) is 4. The van der Waals surface area contributed by atoms with Crippen LogP contribution in [0.25, 0.3) is 0 Å². The minimum atomic E-state index is -1.20. The molecule has 0 atom stereocenters. The zero-order valence-electron chi connectivity index (χ0n) is 37.9. The van der Waals surface area contributed by atoms with Gasteiger partial charge in [0.05, 0.1) is 30.7 Å². The molecule has 14 heteroatoms. The molecule has 2 saturated heterocycles. The molecule has 2 aliphatic rings. The Morgan fingerprint density at radius 1 is 0.656 bits per heavy atom. The average molecular weight is 877 g/mol. The van der Waals surface area contributed by atoms with Gasteiger partial charge in [0.2, 0.25) is 0 Å². The molecule has 64 heavy (non-hydrogen) atoms. The van der Waals surface area contributed by atoms with E-state index in [0.717, 1.165) is 22.6 Å². The van der Waals surface area contributed by atoms with Crippen LogP contribution in [0.3, 0.4) is 0 Å². The molecule has 0 radical (unpaired) electrons. The molecule has 4 aromatic rings. The van der Waals surface area contributed by atoms with Crippen LogP contribution in [-0.2, 0) is 14.4 Å². The molecule has 2 aliphatic heterocycles. The number of aryl methyl sites for hydroxylation is 2. The average Bonchev–Trinajstić information content (AvgIpc) is 3.25. The fourth-order valence-corrected chi connectivity index (χ4v) is 7.06. The number of ether oxygens (including phenoxy) is 2. The second kappa shape index (κ2) is 23.9. The molecule has 0 spiro atoms. The van der Waals surface area contributed by atoms with Crippen molar-refractivity contribution >= 4 is 40.7 Å². The first-order chi connectivity index (χ1) is 30.3. The van der Waals surface area contributed by atoms with Crippen LogP contribution in [0.15, 0.2) is 85.5 Å². The van der Waals surface area contributed by atoms with E-state index < -0.39 is 5.60 Å². The third-order valence-corrected chi connectivity index (χ3v) is 10.4. The quantitative estimate of drug-likeness (QED) is 0.0992. The van der Waals surface area contributed by atoms with Gasteiger partial charge in [-0.2, -0.15) is 0 Å². The summed E-state index contributed by atoms with van der Waals surface area (Å²) in [5.41, 5.74) is 2.75. The van der Waals surface area contributed by atoms with E-state index >= 15 is 0 Å². The van der Waals surface area contributed by atoms with Crippen molar-refractivity contribution in [2.75, 3.05) is 26.2 Å². The number of aromatic nitrogens is 2. The second-order valence-corrected chi connectivity index (χ2v) is 16.7. The van der Waals surface area contributed by atoms with Gasteiger partial charge in [-0.25, -0.2) is 0 Å². The number of ketones is 5. The second-order valence-electron chi connectivity index (χ2n) is 16.7. The van der Waals surface area contributed by atoms with Crippen LogP contribution >= 0.6 is 0 Å². The smallest absolute Gasteiger partial charge is 0.253 e. The molecule has 6 rings (SSSR count). The number of amides is 2. The van der Waals surface area contributed by atoms with E-state index in [0.29, 0.717) is 74.1 Å². The van der Waals surface area contributed by atoms with Crippen LogP contribution in [0.2, 0.25) is 0 Å². The van der Waals surface area contributed by atoms with Crippen molar-refractivity contribution in [2.45, 2.75) is 111 Å². The van der Waals surface area contributed by atoms with Crippen LogP contribution in [-0.4, -0.2) is 110 Å². The first-order valence-corrected chi connectivity index (χ1v) is 21.6. The monoisotopic (exact) mass is 876 g/mol. The lowest BCUT2D eigenvalue weighted by atomic mass is 9.85. The Kier molecular flexibility index (Phi) is 18.7. The molecule has 0 bridgehead atoms. The number of Topliss-reactive ketones (excluding diaryl/α,β-unsaturated/α-hetero) is 5. The Balaban J connectivity index is 0.000000237. The van der Waals surface area contributed by atoms with Gasteiger partial charge >= 0.3 is 0 Å². The Hall–Kier alpha value is -6.41. The van der Waals surface area contributed by atoms with Gasteiger partial charge in [0.1, 0.15) is 28.8 Å². The largest absolute Gasteiger partial charge is 0.491 e. The maximum Gasteiger partial charge on any atom is 0.253 e. The fraction of sp³-hybridized carbons (Fsp3) is 0.420. The predicted octanol–water partition coefficient (Wildman–Crippen LogP) is 7.21. The van der Waals surface area contributed by atoms with Crippen molar-refractivity contribution in [1.29, 1.82) is 0 Å². The molecule has 2 fully saturated rings. The lowest BCUT2D eigenvalue weighted by Gasteiger charge is -2.38. The summed E-state index contributed by atoms with van der Waals surface area (Å²) in [6.45, 7) is 14.9. The van der Waals surface area contributed by atoms with Crippen LogP contribution in [0.4, 0.5) is 0 Å². The number of aliphatic hydroxyl groups is 1. The molecule has 14 nitrogen and oxygen atoms in total. The number of likely N-dealkylation sites (tertiary alicyclic amines) is 2. The van der Waals surface area contributed by atoms with Crippen LogP contribution < -0.4 is 9.47 Å². The van der Waals surface area contributed by atoms with Crippen LogP contribution in [0.1, 0.15) is 132 Å². The summed E-state index contributed by atoms with van der Waals surface area (Å²) in [5.74, 6) is 0.790. The van der Waals surface area contributed by atoms with Gasteiger partial charge in [-0.05, 0) is 133 Å². The lowest BCUT2D eigenvalue weighted by Crippen LogP contribution is -2.47. The Morgan fingerprint density at radius 2 is 1.09 bits per heavy atom. The summed E-state index contributed by atoms with van der Waals surface area (Å²) >= 11 is 0. The molecule has 2 amide bonds. The highest BCUT2D eigenvalue weighted by molar-refractivity contribution is 6.08. The molecule has 4 heterocycles. The normalized spacial score (nSPS) is 14.4. The standard InChI is InChI=1S/C25H30N2O5.C16H21NO3.C9H9NO2/c1-17(2)32-23-7-6-19(13-18(23)3)24(30)27-11-8-25(31,9-12-27)15-21(28)14-22(29)20-5-4-10-26-16-20;1-11(2)20-15-5-4-13(10-12(15)3)16(19)17-8-6-14(18)7-9-17;1-7(11)5-9(12)8-3-2-4-10-6-8/h4-7,10,13,16-17,31H,8-9,11-12,14-15H2,1-3H3;4-5,10-11H,6-9H2,1-3H3;2-4,6H,5H2,1H3. The van der Waals surface area contributed by atoms with E-state index in [9.17, 15) is 38.7 Å². The Labute approximate surface area is 375 Å². The topological polar surface area (TPSA) is 190 Å². The molecule has 0 unspecified atom stereocenters. The highest BCUT2D eigenvalue weighted by Crippen LogP contribution is 2.29. The Bertz CT molecular complexity index is 2260. The van der Waals surface area contributed by atoms with Gasteiger partial charge in [-0.15, -0.1) is 0 Å². The molecular formula is C50H60N4O10. The summed E-state index contributed by atoms with van der Waals surface area (Å²) in [5, 5.41) is 10.9. The van der Waals surface area contributed by atoms with Crippen LogP contribution in [0, 0.1) is 13.8 Å². The molecule has 2 aromatic heterocycles. The number of benzene rings is 2. The fourth-order valence-electron chi connectivity index (χ4n) is 7.06. The highest BCUT2D eigenvalue weighted by atomic mass is 16.5. The highest BCUT2D eigenvalue weighted by Gasteiger charge is 2.36. The zero-order valence-corrected chi connectivity index (χ0v) is 37.9. The molecule has 0 aliphatic carbocycles. The number of hydrogen-bond donors (Lipinski definition) is 1. The van der Waals surface area contributed by atoms with Gasteiger partial charge in [0, 0.05) is 92.5 Å². The Morgan fingerprint density at radius 3 is 1.48 bits per heavy atom. The molecular weight excluding hydrogens is 817 g/mol. The van der Waals surface area contributed by atoms with E-state index in [1.54, 1.807) is 64.7 Å². The van der Waals surface area contributed by atoms with Gasteiger partial charge in [0.15, 0.2) is 11.6 Å². The summed E-state index contributed by atoms with van der Waals surface area (Å²) in [7, 11) is 0. The SMILES string of the molecule is CC(=O)CC(=O)c1cccnc1.Cc1cc(C(=O)N2CCC(=O)CC2)ccc1OC(C)C.Cc1cc(C(=O)N2CCC(O)(CC(=O)CC(=O)c3cccnc3)CC2)ccc1OC(C)C. The van der Waals surface area contributed by atoms with Crippen molar-refractivity contribution < 1.29 is 48.1 Å². The first kappa shape index (κ1) is 50.2. The molecule has 0 saturated carbocycles. The van der Waals surface area contributed by atoms with Crippen molar-refractivity contribution in [3.05, 3.63) is 119 Å². The van der Waals surface area contributed by atoms with E-state index in [-0.39, 0.29) is 72.2 Å². The van der Waals surface area contributed by atoms with E-state index in [4.69, 9.17) is 9.47 Å². The number of carbonyl (C=O) groups excluding carboxylic acids is 7. The van der Waals surface area contributed by atoms with E-state index in [2.05, 4.69) is 9.97 Å². The number of carbonyl (C=O) groups is 7. The van der Waals surface area contributed by atoms with E-state index in [1.807, 2.05) is 59.7 Å². The van der Waals surface area contributed by atoms with Crippen molar-refractivity contribution in [3.8, 4) is 11.5 Å². The van der Waals surface area contributed by atoms with Crippen molar-refractivity contribution in [2.24, 2.45) is 0 Å². The van der Waals surface area contributed by atoms with Gasteiger partial charge in [0.25, 0.3) is 11.8 Å². The predicted molar refractivity (Wildman–Crippen MR) is 241 cm³/mol. The van der Waals surface area contributed by atoms with Crippen molar-refractivity contribution in [3.63, 3.8) is 0 Å². The molecule has 2 aromatic carbocycles. The summed E-state index contributed by atoms with van der Waals surface area (Å²) in [4.78, 5) is 94.0. The zero-order chi connectivity index (χ0) is 47.0. The number of hydrogen-bond acceptors (Lipinski definition) is 12. The third kappa shape index (κ3) is 15.7. The van der Waals surface area contributed by atoms with Crippen LogP contribution in [0.5, 0.6) is 11.5 Å². The van der Waals surface area contributed by atoms with Gasteiger partial charge in [-0.3, -0.25) is 43.5 Å². The minimum Gasteiger partial charge on any atom is -0.491 e. The summed E-state index contributed by atoms with van der Waals surface area (Å²) in [6, 6.07) is 17.5. The number of piperidine rings is 2. The summed E-state index contributed by atoms with van der Waals surface area (Å²) in [6.07, 6.45) is 7.34. The summed E-state index contributed by atoms with van der Waals surface area (Å²) < 4.78 is 11.4. The minimum absolute atomic E-state index is 0.00306. The molecule has 1 N–H and O–H groups in total. The molecule has 340 valence electrons. The van der Waals surface area contributed by atoms with Crippen molar-refractivity contribution in [1.82, 2.24) is 19.8 Å². The van der Waals surface area contributed by atoms with Gasteiger partial charge in [-0.1, -0.05) is 0 Å². The number of pyridine rings is 2. The third-order valence-electron chi connectivity index (χ3n) is 10.4. The maximum absolute atomic E-state index is 12.9. The van der Waals surface area contributed by atoms with Gasteiger partial charge < -0.3 is 24.4 Å². The lowest BCUT2D eigenvalue weighted by molar-refractivity contribution is -0.125. The number of rotatable bonds is 14. The first-order valence-electron chi connectivity index (χ1n) is 21.6. The maximum atomic E-state index is 12.9.